The van der Waals surface area contributed by atoms with E-state index in [1.807, 2.05) is 0 Å². The van der Waals surface area contributed by atoms with E-state index < -0.39 is 54.8 Å². The maximum Gasteiger partial charge on any atom is 1.00 e. The Morgan fingerprint density at radius 2 is 0.643 bits per heavy atom. The van der Waals surface area contributed by atoms with E-state index >= 15 is 0 Å². The zero-order valence-electron chi connectivity index (χ0n) is 12.2. The molecule has 0 N–H and O–H groups in total. The van der Waals surface area contributed by atoms with Gasteiger partial charge >= 0.3 is 86.1 Å². The Morgan fingerprint density at radius 1 is 0.464 bits per heavy atom. The van der Waals surface area contributed by atoms with Gasteiger partial charge in [0.1, 0.15) is 0 Å². The quantitative estimate of drug-likeness (QED) is 0.381. The van der Waals surface area contributed by atoms with Gasteiger partial charge in [-0.1, -0.05) is 0 Å². The van der Waals surface area contributed by atoms with E-state index in [1.54, 1.807) is 0 Å². The fourth-order valence-electron chi connectivity index (χ4n) is 0.877. The summed E-state index contributed by atoms with van der Waals surface area (Å²) in [5.74, 6) is -15.4. The summed E-state index contributed by atoms with van der Waals surface area (Å²) in [5.41, 5.74) is 0. The summed E-state index contributed by atoms with van der Waals surface area (Å²) in [4.78, 5) is 0. The molecule has 28 heavy (non-hydrogen) atoms. The molecule has 0 aromatic heterocycles. The molecule has 0 aliphatic rings. The smallest absolute Gasteiger partial charge is 0.425 e. The van der Waals surface area contributed by atoms with Crippen LogP contribution in [0.15, 0.2) is 0 Å². The van der Waals surface area contributed by atoms with Crippen LogP contribution in [-0.4, -0.2) is 51.5 Å². The van der Waals surface area contributed by atoms with E-state index in [-0.39, 0.29) is 55.5 Å². The van der Waals surface area contributed by atoms with Gasteiger partial charge in [-0.15, -0.1) is 0 Å². The van der Waals surface area contributed by atoms with Crippen LogP contribution in [-0.2, 0) is 20.0 Å². The minimum Gasteiger partial charge on any atom is -0.425 e. The Bertz CT molecular complexity index is 716. The van der Waals surface area contributed by atoms with E-state index in [1.165, 1.54) is 0 Å². The third-order valence-electron chi connectivity index (χ3n) is 2.29. The van der Waals surface area contributed by atoms with Crippen molar-refractivity contribution >= 4 is 20.0 Å². The van der Waals surface area contributed by atoms with Crippen LogP contribution in [0.3, 0.4) is 0 Å². The van der Waals surface area contributed by atoms with E-state index in [0.29, 0.717) is 0 Å². The van der Waals surface area contributed by atoms with Gasteiger partial charge < -0.3 is 4.13 Å². The number of alkyl halides is 14. The first-order valence-corrected chi connectivity index (χ1v) is 7.97. The minimum absolute atomic E-state index is 0. The largest absolute Gasteiger partial charge is 1.00 e. The van der Waals surface area contributed by atoms with E-state index in [2.05, 4.69) is 0 Å². The molecule has 0 aliphatic heterocycles. The van der Waals surface area contributed by atoms with E-state index in [4.69, 9.17) is 0 Å². The molecule has 0 spiro atoms. The van der Waals surface area contributed by atoms with Crippen LogP contribution >= 0.6 is 0 Å². The van der Waals surface area contributed by atoms with E-state index in [0.717, 1.165) is 0 Å². The van der Waals surface area contributed by atoms with Gasteiger partial charge in [0.25, 0.3) is 0 Å². The van der Waals surface area contributed by atoms with Crippen LogP contribution in [0.1, 0.15) is 0 Å². The zero-order chi connectivity index (χ0) is 22.7. The zero-order valence-corrected chi connectivity index (χ0v) is 16.9. The maximum absolute atomic E-state index is 12.9. The molecular weight excluding hydrogens is 519 g/mol. The Labute approximate surface area is 187 Å². The van der Waals surface area contributed by atoms with Gasteiger partial charge in [0.15, 0.2) is 20.0 Å². The van der Waals surface area contributed by atoms with Gasteiger partial charge in [0.05, 0.1) is 0 Å². The van der Waals surface area contributed by atoms with Crippen LogP contribution in [0.2, 0.25) is 0 Å². The third-order valence-corrected chi connectivity index (χ3v) is 5.67. The van der Waals surface area contributed by atoms with Gasteiger partial charge in [-0.2, -0.15) is 61.5 Å². The van der Waals surface area contributed by atoms with Crippen molar-refractivity contribution in [3.8, 4) is 0 Å². The van der Waals surface area contributed by atoms with Crippen molar-refractivity contribution in [3.05, 3.63) is 4.13 Å². The number of nitrogens with zero attached hydrogens (tertiary/aromatic N) is 1. The molecule has 0 saturated heterocycles. The first-order valence-electron chi connectivity index (χ1n) is 5.09. The van der Waals surface area contributed by atoms with Crippen LogP contribution in [0.4, 0.5) is 61.5 Å². The summed E-state index contributed by atoms with van der Waals surface area (Å²) >= 11 is 0. The summed E-state index contributed by atoms with van der Waals surface area (Å²) < 4.78 is 215. The predicted molar refractivity (Wildman–Crippen MR) is 53.1 cm³/mol. The molecule has 0 heterocycles. The maximum atomic E-state index is 12.9. The molecule has 0 fully saturated rings. The number of rotatable bonds is 6. The van der Waals surface area contributed by atoms with Crippen molar-refractivity contribution < 1.29 is 130 Å². The van der Waals surface area contributed by atoms with E-state index in [9.17, 15) is 78.3 Å². The van der Waals surface area contributed by atoms with Crippen molar-refractivity contribution in [3.63, 3.8) is 0 Å². The van der Waals surface area contributed by atoms with Gasteiger partial charge in [-0.25, -0.2) is 16.8 Å². The molecular formula is C6F14KNO4S2. The van der Waals surface area contributed by atoms with Crippen molar-refractivity contribution in [1.29, 1.82) is 0 Å². The van der Waals surface area contributed by atoms with Crippen LogP contribution in [0, 0.1) is 0 Å². The molecule has 0 amide bonds. The third kappa shape index (κ3) is 4.71. The number of halogens is 14. The number of hydrogen-bond donors (Lipinski definition) is 0. The Hall–Kier alpha value is 0.516. The second-order valence-corrected chi connectivity index (χ2v) is 7.72. The molecule has 0 rings (SSSR count). The second-order valence-electron chi connectivity index (χ2n) is 4.20. The molecule has 164 valence electrons. The monoisotopic (exact) mass is 519 g/mol. The summed E-state index contributed by atoms with van der Waals surface area (Å²) in [7, 11) is -16.6. The average Bonchev–Trinajstić information content (AvgIpc) is 2.33. The topological polar surface area (TPSA) is 82.4 Å². The summed E-state index contributed by atoms with van der Waals surface area (Å²) in [6.07, 6.45) is -14.9. The van der Waals surface area contributed by atoms with Crippen molar-refractivity contribution in [1.82, 2.24) is 0 Å². The molecule has 0 atom stereocenters. The summed E-state index contributed by atoms with van der Waals surface area (Å²) in [6, 6.07) is 0. The van der Waals surface area contributed by atoms with Crippen molar-refractivity contribution in [2.75, 3.05) is 0 Å². The number of hydrogen-bond acceptors (Lipinski definition) is 4. The predicted octanol–water partition coefficient (Wildman–Crippen LogP) is 0.604. The first kappa shape index (κ1) is 30.7. The molecule has 0 saturated carbocycles. The minimum atomic E-state index is -8.29. The molecule has 0 bridgehead atoms. The normalized spacial score (nSPS) is 15.9. The SMILES string of the molecule is O=S(=O)([N-]S(=O)(=O)C(F)(F)C(F)(F)C(F)(F)F)C(F)(F)C(F)(F)C(F)(F)F.[K+]. The van der Waals surface area contributed by atoms with Crippen LogP contribution < -0.4 is 51.4 Å². The molecule has 0 aromatic carbocycles. The fourth-order valence-corrected chi connectivity index (χ4v) is 3.54. The van der Waals surface area contributed by atoms with Gasteiger partial charge in [0, 0.05) is 0 Å². The summed E-state index contributed by atoms with van der Waals surface area (Å²) in [5, 5.41) is -15.4. The Morgan fingerprint density at radius 3 is 0.786 bits per heavy atom. The molecule has 0 radical (unpaired) electrons. The Balaban J connectivity index is 0. The number of sulfonamides is 2. The molecule has 0 aromatic rings. The van der Waals surface area contributed by atoms with Gasteiger partial charge in [-0.3, -0.25) is 0 Å². The molecule has 0 aliphatic carbocycles. The van der Waals surface area contributed by atoms with Crippen molar-refractivity contribution in [2.45, 2.75) is 34.7 Å². The Kier molecular flexibility index (Phi) is 8.65. The molecule has 22 heteroatoms. The summed E-state index contributed by atoms with van der Waals surface area (Å²) in [6.45, 7) is 0. The van der Waals surface area contributed by atoms with Crippen molar-refractivity contribution in [2.24, 2.45) is 0 Å². The van der Waals surface area contributed by atoms with Crippen LogP contribution in [0.25, 0.3) is 4.13 Å². The van der Waals surface area contributed by atoms with Crippen LogP contribution in [0.5, 0.6) is 0 Å². The average molecular weight is 519 g/mol. The molecule has 0 unspecified atom stereocenters. The van der Waals surface area contributed by atoms with Gasteiger partial charge in [0.2, 0.25) is 0 Å². The fraction of sp³-hybridized carbons (Fsp3) is 1.00. The second kappa shape index (κ2) is 7.89. The molecule has 5 nitrogen and oxygen atoms in total. The first-order chi connectivity index (χ1) is 11.2. The van der Waals surface area contributed by atoms with Gasteiger partial charge in [-0.05, 0) is 0 Å². The standard InChI is InChI=1S/C6F14NO4S2.K/c7-1(8,3(11,12)13)5(17,18)26(22,23)21-27(24,25)6(19,20)2(9,10)4(14,15)16;/q-1;+1.